The predicted molar refractivity (Wildman–Crippen MR) is 135 cm³/mol. The third-order valence-electron chi connectivity index (χ3n) is 6.52. The molecule has 0 saturated carbocycles. The maximum Gasteiger partial charge on any atom is 0.107 e. The van der Waals surface area contributed by atoms with Crippen molar-refractivity contribution in [3.05, 3.63) is 88.9 Å². The number of fused-ring (bicyclic) bond motifs is 1. The third-order valence-corrected chi connectivity index (χ3v) is 6.52. The summed E-state index contributed by atoms with van der Waals surface area (Å²) < 4.78 is 0. The molecule has 2 aromatic rings. The molecule has 31 heavy (non-hydrogen) atoms. The molecule has 1 aliphatic carbocycles. The Hall–Kier alpha value is -3.07. The highest BCUT2D eigenvalue weighted by Crippen LogP contribution is 2.44. The maximum absolute atomic E-state index is 4.65. The Morgan fingerprint density at radius 2 is 1.71 bits per heavy atom. The van der Waals surface area contributed by atoms with Gasteiger partial charge in [0.25, 0.3) is 0 Å². The van der Waals surface area contributed by atoms with Crippen LogP contribution in [0.3, 0.4) is 0 Å². The molecular formula is C28H33N3. The smallest absolute Gasteiger partial charge is 0.107 e. The van der Waals surface area contributed by atoms with Gasteiger partial charge < -0.3 is 9.80 Å². The molecule has 0 aromatic heterocycles. The number of hydrogen-bond donors (Lipinski definition) is 0. The van der Waals surface area contributed by atoms with Gasteiger partial charge in [-0.3, -0.25) is 4.99 Å². The lowest BCUT2D eigenvalue weighted by Crippen LogP contribution is -2.37. The lowest BCUT2D eigenvalue weighted by atomic mass is 9.97. The van der Waals surface area contributed by atoms with Crippen LogP contribution < -0.4 is 9.80 Å². The summed E-state index contributed by atoms with van der Waals surface area (Å²) in [5.41, 5.74) is 11.5. The molecule has 1 atom stereocenters. The molecule has 0 radical (unpaired) electrons. The number of benzene rings is 2. The molecular weight excluding hydrogens is 378 g/mol. The zero-order valence-electron chi connectivity index (χ0n) is 19.6. The van der Waals surface area contributed by atoms with Gasteiger partial charge in [0.05, 0.1) is 5.70 Å². The van der Waals surface area contributed by atoms with Crippen LogP contribution in [0.1, 0.15) is 61.4 Å². The van der Waals surface area contributed by atoms with Crippen molar-refractivity contribution in [1.29, 1.82) is 0 Å². The molecule has 2 aromatic carbocycles. The van der Waals surface area contributed by atoms with Gasteiger partial charge in [0, 0.05) is 42.0 Å². The molecule has 0 amide bonds. The van der Waals surface area contributed by atoms with Crippen molar-refractivity contribution in [2.24, 2.45) is 4.99 Å². The van der Waals surface area contributed by atoms with E-state index in [1.165, 1.54) is 39.2 Å². The van der Waals surface area contributed by atoms with Crippen LogP contribution in [-0.4, -0.2) is 12.4 Å². The van der Waals surface area contributed by atoms with Gasteiger partial charge in [-0.2, -0.15) is 0 Å². The molecule has 0 saturated heterocycles. The zero-order valence-corrected chi connectivity index (χ0v) is 19.6. The Kier molecular flexibility index (Phi) is 5.62. The number of anilines is 2. The van der Waals surface area contributed by atoms with E-state index in [-0.39, 0.29) is 6.17 Å². The Balaban J connectivity index is 1.77. The highest BCUT2D eigenvalue weighted by molar-refractivity contribution is 5.88. The predicted octanol–water partition coefficient (Wildman–Crippen LogP) is 7.11. The van der Waals surface area contributed by atoms with Crippen molar-refractivity contribution in [1.82, 2.24) is 0 Å². The van der Waals surface area contributed by atoms with Gasteiger partial charge in [0.1, 0.15) is 6.17 Å². The SMILES string of the molecule is C=CC1=C(N=CC)Cc2c1ccc(C)c2N1C=CN(c2c(C)cccc2C(C)C)C1C. The molecule has 1 unspecified atom stereocenters. The van der Waals surface area contributed by atoms with E-state index in [4.69, 9.17) is 0 Å². The summed E-state index contributed by atoms with van der Waals surface area (Å²) in [5.74, 6) is 0.473. The minimum atomic E-state index is 0.190. The first-order valence-electron chi connectivity index (χ1n) is 11.2. The van der Waals surface area contributed by atoms with E-state index < -0.39 is 0 Å². The first-order chi connectivity index (χ1) is 14.9. The van der Waals surface area contributed by atoms with Gasteiger partial charge in [-0.05, 0) is 61.4 Å². The van der Waals surface area contributed by atoms with Gasteiger partial charge in [0.2, 0.25) is 0 Å². The van der Waals surface area contributed by atoms with Crippen molar-refractivity contribution < 1.29 is 0 Å². The second-order valence-electron chi connectivity index (χ2n) is 8.80. The number of hydrogen-bond acceptors (Lipinski definition) is 3. The van der Waals surface area contributed by atoms with Crippen LogP contribution in [0.25, 0.3) is 5.57 Å². The summed E-state index contributed by atoms with van der Waals surface area (Å²) in [5, 5.41) is 0. The topological polar surface area (TPSA) is 18.8 Å². The van der Waals surface area contributed by atoms with Crippen molar-refractivity contribution in [3.8, 4) is 0 Å². The molecule has 3 nitrogen and oxygen atoms in total. The Morgan fingerprint density at radius 1 is 1.03 bits per heavy atom. The number of aryl methyl sites for hydroxylation is 2. The monoisotopic (exact) mass is 411 g/mol. The summed E-state index contributed by atoms with van der Waals surface area (Å²) in [4.78, 5) is 9.49. The second-order valence-corrected chi connectivity index (χ2v) is 8.80. The van der Waals surface area contributed by atoms with Crippen LogP contribution in [0.5, 0.6) is 0 Å². The van der Waals surface area contributed by atoms with Gasteiger partial charge in [-0.1, -0.05) is 56.8 Å². The van der Waals surface area contributed by atoms with Gasteiger partial charge in [0.15, 0.2) is 0 Å². The Morgan fingerprint density at radius 3 is 2.35 bits per heavy atom. The lowest BCUT2D eigenvalue weighted by Gasteiger charge is -2.34. The second kappa shape index (κ2) is 8.22. The van der Waals surface area contributed by atoms with Crippen LogP contribution in [0.4, 0.5) is 11.4 Å². The average Bonchev–Trinajstić information content (AvgIpc) is 3.28. The normalized spacial score (nSPS) is 18.1. The molecule has 1 heterocycles. The van der Waals surface area contributed by atoms with Crippen molar-refractivity contribution in [2.45, 2.75) is 60.0 Å². The van der Waals surface area contributed by atoms with Crippen molar-refractivity contribution >= 4 is 23.2 Å². The van der Waals surface area contributed by atoms with Gasteiger partial charge in [-0.15, -0.1) is 0 Å². The first-order valence-corrected chi connectivity index (χ1v) is 11.2. The van der Waals surface area contributed by atoms with Crippen LogP contribution in [0, 0.1) is 13.8 Å². The quantitative estimate of drug-likeness (QED) is 0.488. The van der Waals surface area contributed by atoms with Crippen molar-refractivity contribution in [3.63, 3.8) is 0 Å². The van der Waals surface area contributed by atoms with Crippen LogP contribution in [0.15, 0.2) is 66.1 Å². The molecule has 2 aliphatic rings. The number of para-hydroxylation sites is 1. The van der Waals surface area contributed by atoms with Gasteiger partial charge in [-0.25, -0.2) is 0 Å². The van der Waals surface area contributed by atoms with Crippen LogP contribution >= 0.6 is 0 Å². The molecule has 4 rings (SSSR count). The van der Waals surface area contributed by atoms with E-state index in [2.05, 4.69) is 98.7 Å². The van der Waals surface area contributed by atoms with Crippen LogP contribution in [0.2, 0.25) is 0 Å². The summed E-state index contributed by atoms with van der Waals surface area (Å²) >= 11 is 0. The maximum atomic E-state index is 4.65. The highest BCUT2D eigenvalue weighted by atomic mass is 15.4. The summed E-state index contributed by atoms with van der Waals surface area (Å²) in [6.07, 6.45) is 9.33. The van der Waals surface area contributed by atoms with E-state index in [0.717, 1.165) is 17.7 Å². The number of nitrogens with zero attached hydrogens (tertiary/aromatic N) is 3. The zero-order chi connectivity index (χ0) is 22.3. The van der Waals surface area contributed by atoms with E-state index in [0.29, 0.717) is 5.92 Å². The summed E-state index contributed by atoms with van der Waals surface area (Å²) in [6.45, 7) is 17.3. The number of rotatable bonds is 5. The fraction of sp³-hybridized carbons (Fsp3) is 0.321. The van der Waals surface area contributed by atoms with Crippen LogP contribution in [-0.2, 0) is 6.42 Å². The number of allylic oxidation sites excluding steroid dienone is 3. The average molecular weight is 412 g/mol. The standard InChI is InChI=1S/C28H33N3/c1-8-22-24-14-13-20(6)28(25(24)17-26(22)29-9-2)31-16-15-30(21(31)7)27-19(5)11-10-12-23(27)18(3)4/h8-16,18,21H,1,17H2,2-7H3. The lowest BCUT2D eigenvalue weighted by molar-refractivity contribution is 0.734. The molecule has 160 valence electrons. The minimum absolute atomic E-state index is 0.190. The van der Waals surface area contributed by atoms with E-state index in [1.54, 1.807) is 0 Å². The largest absolute Gasteiger partial charge is 0.325 e. The summed E-state index contributed by atoms with van der Waals surface area (Å²) in [6, 6.07) is 11.1. The van der Waals surface area contributed by atoms with E-state index in [1.807, 2.05) is 19.2 Å². The number of aliphatic imine (C=N–C) groups is 1. The van der Waals surface area contributed by atoms with Gasteiger partial charge >= 0.3 is 0 Å². The van der Waals surface area contributed by atoms with E-state index >= 15 is 0 Å². The van der Waals surface area contributed by atoms with E-state index in [9.17, 15) is 0 Å². The fourth-order valence-corrected chi connectivity index (χ4v) is 5.01. The van der Waals surface area contributed by atoms with Crippen molar-refractivity contribution in [2.75, 3.05) is 9.80 Å². The molecule has 0 bridgehead atoms. The Bertz CT molecular complexity index is 1120. The third kappa shape index (κ3) is 3.42. The molecule has 3 heteroatoms. The minimum Gasteiger partial charge on any atom is -0.325 e. The molecule has 1 aliphatic heterocycles. The highest BCUT2D eigenvalue weighted by Gasteiger charge is 2.32. The molecule has 0 spiro atoms. The Labute approximate surface area is 187 Å². The first kappa shape index (κ1) is 21.2. The molecule has 0 N–H and O–H groups in total. The fourth-order valence-electron chi connectivity index (χ4n) is 5.01. The summed E-state index contributed by atoms with van der Waals surface area (Å²) in [7, 11) is 0. The molecule has 0 fully saturated rings.